The maximum atomic E-state index is 13.0. The van der Waals surface area contributed by atoms with Crippen LogP contribution >= 0.6 is 11.6 Å². The number of benzene rings is 1. The van der Waals surface area contributed by atoms with E-state index in [9.17, 15) is 13.2 Å². The van der Waals surface area contributed by atoms with Crippen LogP contribution in [-0.4, -0.2) is 39.3 Å². The molecule has 5 nitrogen and oxygen atoms in total. The van der Waals surface area contributed by atoms with Crippen LogP contribution in [0.3, 0.4) is 0 Å². The third-order valence-electron chi connectivity index (χ3n) is 4.06. The zero-order valence-corrected chi connectivity index (χ0v) is 14.0. The first-order chi connectivity index (χ1) is 10.4. The highest BCUT2D eigenvalue weighted by molar-refractivity contribution is 7.93. The molecule has 1 amide bonds. The summed E-state index contributed by atoms with van der Waals surface area (Å²) in [7, 11) is -2.24. The van der Waals surface area contributed by atoms with E-state index >= 15 is 0 Å². The fraction of sp³-hybridized carbons (Fsp3) is 0.533. The highest BCUT2D eigenvalue weighted by atomic mass is 35.5. The zero-order valence-electron chi connectivity index (χ0n) is 12.5. The molecule has 122 valence electrons. The van der Waals surface area contributed by atoms with Crippen molar-refractivity contribution in [2.24, 2.45) is 0 Å². The second-order valence-corrected chi connectivity index (χ2v) is 8.10. The van der Waals surface area contributed by atoms with Gasteiger partial charge in [-0.1, -0.05) is 24.4 Å². The quantitative estimate of drug-likeness (QED) is 0.802. The topological polar surface area (TPSA) is 72.5 Å². The molecule has 2 rings (SSSR count). The summed E-state index contributed by atoms with van der Waals surface area (Å²) in [5.74, 6) is -0.433. The SMILES string of the molecule is COCCNC(=O)C1(S(=O)(=O)c2ccc(Cl)cc2)CCCC1. The zero-order chi connectivity index (χ0) is 16.2. The lowest BCUT2D eigenvalue weighted by Gasteiger charge is -2.27. The van der Waals surface area contributed by atoms with Gasteiger partial charge in [-0.15, -0.1) is 0 Å². The Balaban J connectivity index is 2.33. The second-order valence-electron chi connectivity index (χ2n) is 5.41. The molecule has 0 bridgehead atoms. The van der Waals surface area contributed by atoms with E-state index in [1.165, 1.54) is 31.4 Å². The number of nitrogens with one attached hydrogen (secondary N) is 1. The van der Waals surface area contributed by atoms with Crippen LogP contribution in [0.5, 0.6) is 0 Å². The normalized spacial score (nSPS) is 17.4. The summed E-state index contributed by atoms with van der Waals surface area (Å²) in [6.45, 7) is 0.649. The van der Waals surface area contributed by atoms with Crippen LogP contribution in [0.2, 0.25) is 5.02 Å². The van der Waals surface area contributed by atoms with Crippen molar-refractivity contribution in [3.8, 4) is 0 Å². The number of methoxy groups -OCH3 is 1. The van der Waals surface area contributed by atoms with E-state index in [4.69, 9.17) is 16.3 Å². The molecule has 1 N–H and O–H groups in total. The molecule has 0 heterocycles. The average molecular weight is 346 g/mol. The number of halogens is 1. The molecule has 7 heteroatoms. The van der Waals surface area contributed by atoms with Gasteiger partial charge in [0.1, 0.15) is 0 Å². The average Bonchev–Trinajstić information content (AvgIpc) is 2.99. The third-order valence-corrected chi connectivity index (χ3v) is 6.82. The molecule has 1 aromatic carbocycles. The molecule has 0 unspecified atom stereocenters. The Bertz CT molecular complexity index is 621. The number of ether oxygens (including phenoxy) is 1. The smallest absolute Gasteiger partial charge is 0.241 e. The van der Waals surface area contributed by atoms with E-state index in [1.807, 2.05) is 0 Å². The maximum Gasteiger partial charge on any atom is 0.241 e. The van der Waals surface area contributed by atoms with Crippen molar-refractivity contribution < 1.29 is 17.9 Å². The maximum absolute atomic E-state index is 13.0. The van der Waals surface area contributed by atoms with Crippen LogP contribution < -0.4 is 5.32 Å². The number of rotatable bonds is 6. The highest BCUT2D eigenvalue weighted by Gasteiger charge is 2.52. The van der Waals surface area contributed by atoms with Gasteiger partial charge >= 0.3 is 0 Å². The van der Waals surface area contributed by atoms with Gasteiger partial charge in [-0.3, -0.25) is 4.79 Å². The molecule has 1 aromatic rings. The summed E-state index contributed by atoms with van der Waals surface area (Å²) in [6, 6.07) is 5.97. The molecule has 0 aromatic heterocycles. The predicted molar refractivity (Wildman–Crippen MR) is 84.7 cm³/mol. The standard InChI is InChI=1S/C15H20ClNO4S/c1-21-11-10-17-14(18)15(8-2-3-9-15)22(19,20)13-6-4-12(16)5-7-13/h4-7H,2-3,8-11H2,1H3,(H,17,18). The lowest BCUT2D eigenvalue weighted by atomic mass is 10.1. The fourth-order valence-corrected chi connectivity index (χ4v) is 5.04. The summed E-state index contributed by atoms with van der Waals surface area (Å²) >= 11 is 5.82. The van der Waals surface area contributed by atoms with Gasteiger partial charge in [-0.2, -0.15) is 0 Å². The van der Waals surface area contributed by atoms with Crippen LogP contribution in [0.25, 0.3) is 0 Å². The molecule has 1 saturated carbocycles. The summed E-state index contributed by atoms with van der Waals surface area (Å²) in [5, 5.41) is 3.15. The number of sulfone groups is 1. The Morgan fingerprint density at radius 2 is 1.86 bits per heavy atom. The van der Waals surface area contributed by atoms with E-state index < -0.39 is 20.5 Å². The number of carbonyl (C=O) groups excluding carboxylic acids is 1. The van der Waals surface area contributed by atoms with Gasteiger partial charge in [0.15, 0.2) is 14.6 Å². The lowest BCUT2D eigenvalue weighted by molar-refractivity contribution is -0.123. The largest absolute Gasteiger partial charge is 0.383 e. The van der Waals surface area contributed by atoms with E-state index in [0.717, 1.165) is 12.8 Å². The number of carbonyl (C=O) groups is 1. The first kappa shape index (κ1) is 17.2. The Morgan fingerprint density at radius 3 is 2.41 bits per heavy atom. The van der Waals surface area contributed by atoms with Crippen molar-refractivity contribution >= 4 is 27.3 Å². The Morgan fingerprint density at radius 1 is 1.27 bits per heavy atom. The van der Waals surface area contributed by atoms with E-state index in [0.29, 0.717) is 31.0 Å². The van der Waals surface area contributed by atoms with Crippen LogP contribution in [0, 0.1) is 0 Å². The van der Waals surface area contributed by atoms with Gasteiger partial charge in [0, 0.05) is 18.7 Å². The van der Waals surface area contributed by atoms with E-state index in [2.05, 4.69) is 5.32 Å². The molecule has 22 heavy (non-hydrogen) atoms. The summed E-state index contributed by atoms with van der Waals surface area (Å²) in [4.78, 5) is 12.7. The summed E-state index contributed by atoms with van der Waals surface area (Å²) in [5.41, 5.74) is 0. The van der Waals surface area contributed by atoms with Gasteiger partial charge in [-0.25, -0.2) is 8.42 Å². The van der Waals surface area contributed by atoms with Crippen LogP contribution in [0.1, 0.15) is 25.7 Å². The van der Waals surface area contributed by atoms with Gasteiger partial charge in [0.25, 0.3) is 0 Å². The first-order valence-corrected chi connectivity index (χ1v) is 9.07. The second kappa shape index (κ2) is 6.98. The molecule has 0 saturated heterocycles. The molecular formula is C15H20ClNO4S. The highest BCUT2D eigenvalue weighted by Crippen LogP contribution is 2.40. The Kier molecular flexibility index (Phi) is 5.47. The van der Waals surface area contributed by atoms with Crippen molar-refractivity contribution in [3.63, 3.8) is 0 Å². The minimum absolute atomic E-state index is 0.140. The van der Waals surface area contributed by atoms with Crippen molar-refractivity contribution in [2.75, 3.05) is 20.3 Å². The monoisotopic (exact) mass is 345 g/mol. The minimum Gasteiger partial charge on any atom is -0.383 e. The first-order valence-electron chi connectivity index (χ1n) is 7.21. The molecule has 1 fully saturated rings. The number of amides is 1. The third kappa shape index (κ3) is 3.14. The van der Waals surface area contributed by atoms with Gasteiger partial charge in [0.2, 0.25) is 5.91 Å². The van der Waals surface area contributed by atoms with Crippen molar-refractivity contribution in [1.29, 1.82) is 0 Å². The lowest BCUT2D eigenvalue weighted by Crippen LogP contribution is -2.51. The molecule has 0 aliphatic heterocycles. The minimum atomic E-state index is -3.76. The molecular weight excluding hydrogens is 326 g/mol. The molecule has 0 atom stereocenters. The molecule has 1 aliphatic carbocycles. The van der Waals surface area contributed by atoms with E-state index in [1.54, 1.807) is 0 Å². The molecule has 0 spiro atoms. The predicted octanol–water partition coefficient (Wildman–Crippen LogP) is 2.19. The Hall–Kier alpha value is -1.11. The van der Waals surface area contributed by atoms with Crippen molar-refractivity contribution in [2.45, 2.75) is 35.3 Å². The Labute approximate surface area is 135 Å². The number of hydrogen-bond donors (Lipinski definition) is 1. The molecule has 0 radical (unpaired) electrons. The fourth-order valence-electron chi connectivity index (χ4n) is 2.83. The summed E-state index contributed by atoms with van der Waals surface area (Å²) < 4.78 is 29.5. The van der Waals surface area contributed by atoms with Crippen LogP contribution in [0.4, 0.5) is 0 Å². The van der Waals surface area contributed by atoms with Crippen LogP contribution in [0.15, 0.2) is 29.2 Å². The van der Waals surface area contributed by atoms with E-state index in [-0.39, 0.29) is 4.90 Å². The van der Waals surface area contributed by atoms with Crippen LogP contribution in [-0.2, 0) is 19.4 Å². The van der Waals surface area contributed by atoms with Gasteiger partial charge < -0.3 is 10.1 Å². The van der Waals surface area contributed by atoms with Gasteiger partial charge in [-0.05, 0) is 37.1 Å². The number of hydrogen-bond acceptors (Lipinski definition) is 4. The van der Waals surface area contributed by atoms with Crippen molar-refractivity contribution in [1.82, 2.24) is 5.32 Å². The molecule has 1 aliphatic rings. The van der Waals surface area contributed by atoms with Crippen molar-refractivity contribution in [3.05, 3.63) is 29.3 Å². The summed E-state index contributed by atoms with van der Waals surface area (Å²) in [6.07, 6.45) is 2.14. The van der Waals surface area contributed by atoms with Gasteiger partial charge in [0.05, 0.1) is 11.5 Å².